The van der Waals surface area contributed by atoms with Gasteiger partial charge in [0.25, 0.3) is 0 Å². The topological polar surface area (TPSA) is 27.7 Å². The van der Waals surface area contributed by atoms with E-state index >= 15 is 0 Å². The van der Waals surface area contributed by atoms with Crippen LogP contribution in [0.5, 0.6) is 0 Å². The molecule has 3 nitrogen and oxygen atoms in total. The molecule has 0 spiro atoms. The lowest BCUT2D eigenvalue weighted by Gasteiger charge is -2.30. The van der Waals surface area contributed by atoms with Gasteiger partial charge in [-0.3, -0.25) is 0 Å². The van der Waals surface area contributed by atoms with Crippen molar-refractivity contribution in [1.29, 1.82) is 0 Å². The predicted octanol–water partition coefficient (Wildman–Crippen LogP) is 3.07. The van der Waals surface area contributed by atoms with Crippen LogP contribution in [-0.4, -0.2) is 0 Å². The van der Waals surface area contributed by atoms with Crippen molar-refractivity contribution in [3.05, 3.63) is 71.3 Å². The molecule has 18 heavy (non-hydrogen) atoms. The number of benzene rings is 2. The predicted molar refractivity (Wildman–Crippen MR) is 64.3 cm³/mol. The average molecular weight is 240 g/mol. The normalized spacial score (nSPS) is 29.0. The van der Waals surface area contributed by atoms with Gasteiger partial charge in [-0.25, -0.2) is 0 Å². The van der Waals surface area contributed by atoms with Gasteiger partial charge in [-0.05, 0) is 5.56 Å². The first-order chi connectivity index (χ1) is 8.87. The largest absolute Gasteiger partial charge is 0.306 e. The molecule has 0 N–H and O–H groups in total. The number of hydrogen-bond acceptors (Lipinski definition) is 3. The number of rotatable bonds is 1. The summed E-state index contributed by atoms with van der Waals surface area (Å²) in [6, 6.07) is 18.1. The zero-order chi connectivity index (χ0) is 12.0. The third kappa shape index (κ3) is 1.35. The van der Waals surface area contributed by atoms with Gasteiger partial charge in [0, 0.05) is 17.5 Å². The quantitative estimate of drug-likeness (QED) is 0.717. The van der Waals surface area contributed by atoms with Crippen LogP contribution in [0.2, 0.25) is 0 Å². The highest BCUT2D eigenvalue weighted by atomic mass is 17.3. The van der Waals surface area contributed by atoms with Crippen LogP contribution < -0.4 is 0 Å². The first-order valence-corrected chi connectivity index (χ1v) is 6.03. The monoisotopic (exact) mass is 240 g/mol. The van der Waals surface area contributed by atoms with Gasteiger partial charge >= 0.3 is 0 Å². The second-order valence-corrected chi connectivity index (χ2v) is 4.62. The van der Waals surface area contributed by atoms with Crippen LogP contribution in [0.25, 0.3) is 0 Å². The number of ether oxygens (including phenoxy) is 1. The second kappa shape index (κ2) is 3.65. The van der Waals surface area contributed by atoms with Crippen LogP contribution in [-0.2, 0) is 26.7 Å². The first kappa shape index (κ1) is 10.3. The molecule has 0 amide bonds. The van der Waals surface area contributed by atoms with Crippen LogP contribution in [0.1, 0.15) is 23.0 Å². The van der Waals surface area contributed by atoms with Crippen molar-refractivity contribution in [1.82, 2.24) is 0 Å². The molecular weight excluding hydrogens is 228 g/mol. The Morgan fingerprint density at radius 3 is 2.61 bits per heavy atom. The fourth-order valence-corrected chi connectivity index (χ4v) is 2.61. The zero-order valence-corrected chi connectivity index (χ0v) is 9.71. The lowest BCUT2D eigenvalue weighted by atomic mass is 9.92. The summed E-state index contributed by atoms with van der Waals surface area (Å²) in [5.41, 5.74) is 3.26. The van der Waals surface area contributed by atoms with E-state index < -0.39 is 12.1 Å². The molecule has 2 aromatic carbocycles. The summed E-state index contributed by atoms with van der Waals surface area (Å²) >= 11 is 0. The van der Waals surface area contributed by atoms with Gasteiger partial charge < -0.3 is 4.74 Å². The lowest BCUT2D eigenvalue weighted by Crippen LogP contribution is -2.33. The van der Waals surface area contributed by atoms with Gasteiger partial charge in [-0.15, -0.1) is 0 Å². The molecule has 0 saturated carbocycles. The average Bonchev–Trinajstić information content (AvgIpc) is 2.80. The van der Waals surface area contributed by atoms with Gasteiger partial charge in [0.1, 0.15) is 0 Å². The SMILES string of the molecule is c1ccc(C23Cc4ccccc4C(OO2)O3)cc1. The molecule has 2 aliphatic rings. The highest BCUT2D eigenvalue weighted by Gasteiger charge is 2.50. The fourth-order valence-electron chi connectivity index (χ4n) is 2.61. The second-order valence-electron chi connectivity index (χ2n) is 4.62. The van der Waals surface area contributed by atoms with Crippen LogP contribution in [0.4, 0.5) is 0 Å². The van der Waals surface area contributed by atoms with Crippen molar-refractivity contribution >= 4 is 0 Å². The van der Waals surface area contributed by atoms with Gasteiger partial charge in [0.15, 0.2) is 0 Å². The molecule has 2 heterocycles. The van der Waals surface area contributed by atoms with E-state index in [1.54, 1.807) is 0 Å². The standard InChI is InChI=1S/C15H12O3/c1-2-7-12(8-3-1)15-10-11-6-4-5-9-13(11)14(16-15)17-18-15/h1-9,14H,10H2. The van der Waals surface area contributed by atoms with Crippen LogP contribution in [0.15, 0.2) is 54.6 Å². The summed E-state index contributed by atoms with van der Waals surface area (Å²) in [7, 11) is 0. The molecule has 0 radical (unpaired) electrons. The van der Waals surface area contributed by atoms with Crippen molar-refractivity contribution in [2.75, 3.05) is 0 Å². The maximum atomic E-state index is 5.95. The zero-order valence-electron chi connectivity index (χ0n) is 9.71. The Kier molecular flexibility index (Phi) is 2.08. The van der Waals surface area contributed by atoms with E-state index in [9.17, 15) is 0 Å². The summed E-state index contributed by atoms with van der Waals surface area (Å²) < 4.78 is 5.95. The Morgan fingerprint density at radius 1 is 0.944 bits per heavy atom. The molecule has 2 bridgehead atoms. The molecule has 2 aromatic rings. The molecule has 0 aliphatic carbocycles. The third-order valence-electron chi connectivity index (χ3n) is 3.51. The minimum Gasteiger partial charge on any atom is -0.306 e. The number of hydrogen-bond donors (Lipinski definition) is 0. The third-order valence-corrected chi connectivity index (χ3v) is 3.51. The van der Waals surface area contributed by atoms with Crippen molar-refractivity contribution in [2.24, 2.45) is 0 Å². The molecule has 90 valence electrons. The van der Waals surface area contributed by atoms with E-state index in [-0.39, 0.29) is 0 Å². The molecule has 2 unspecified atom stereocenters. The molecule has 2 aliphatic heterocycles. The molecule has 0 aromatic heterocycles. The fraction of sp³-hybridized carbons (Fsp3) is 0.200. The Labute approximate surface area is 105 Å². The Bertz CT molecular complexity index is 581. The van der Waals surface area contributed by atoms with Gasteiger partial charge in [0.2, 0.25) is 12.1 Å². The highest BCUT2D eigenvalue weighted by Crippen LogP contribution is 2.48. The Hall–Kier alpha value is -1.68. The minimum atomic E-state index is -0.791. The van der Waals surface area contributed by atoms with E-state index in [1.165, 1.54) is 5.56 Å². The molecule has 1 fully saturated rings. The summed E-state index contributed by atoms with van der Waals surface area (Å²) in [6.07, 6.45) is 0.249. The maximum Gasteiger partial charge on any atom is 0.234 e. The van der Waals surface area contributed by atoms with E-state index in [0.717, 1.165) is 11.1 Å². The number of fused-ring (bicyclic) bond motifs is 4. The van der Waals surface area contributed by atoms with E-state index in [0.29, 0.717) is 6.42 Å². The van der Waals surface area contributed by atoms with E-state index in [1.807, 2.05) is 48.5 Å². The smallest absolute Gasteiger partial charge is 0.234 e. The Balaban J connectivity index is 1.83. The lowest BCUT2D eigenvalue weighted by molar-refractivity contribution is -0.334. The van der Waals surface area contributed by atoms with Gasteiger partial charge in [-0.1, -0.05) is 54.6 Å². The molecule has 4 rings (SSSR count). The summed E-state index contributed by atoms with van der Waals surface area (Å²) in [5, 5.41) is 0. The summed E-state index contributed by atoms with van der Waals surface area (Å²) in [5.74, 6) is -0.791. The Morgan fingerprint density at radius 2 is 1.72 bits per heavy atom. The first-order valence-electron chi connectivity index (χ1n) is 6.03. The van der Waals surface area contributed by atoms with Crippen LogP contribution in [0, 0.1) is 0 Å². The summed E-state index contributed by atoms with van der Waals surface area (Å²) in [6.45, 7) is 0. The van der Waals surface area contributed by atoms with Crippen molar-refractivity contribution in [3.8, 4) is 0 Å². The van der Waals surface area contributed by atoms with Crippen molar-refractivity contribution in [3.63, 3.8) is 0 Å². The van der Waals surface area contributed by atoms with Gasteiger partial charge in [0.05, 0.1) is 0 Å². The van der Waals surface area contributed by atoms with Crippen molar-refractivity contribution in [2.45, 2.75) is 18.5 Å². The van der Waals surface area contributed by atoms with E-state index in [2.05, 4.69) is 6.07 Å². The molecular formula is C15H12O3. The molecule has 1 saturated heterocycles. The van der Waals surface area contributed by atoms with E-state index in [4.69, 9.17) is 14.5 Å². The maximum absolute atomic E-state index is 5.95. The van der Waals surface area contributed by atoms with Crippen LogP contribution in [0.3, 0.4) is 0 Å². The summed E-state index contributed by atoms with van der Waals surface area (Å²) in [4.78, 5) is 10.8. The molecule has 2 atom stereocenters. The van der Waals surface area contributed by atoms with Gasteiger partial charge in [-0.2, -0.15) is 9.78 Å². The minimum absolute atomic E-state index is 0.421. The van der Waals surface area contributed by atoms with Crippen molar-refractivity contribution < 1.29 is 14.5 Å². The molecule has 3 heteroatoms. The highest BCUT2D eigenvalue weighted by molar-refractivity contribution is 5.35. The van der Waals surface area contributed by atoms with Crippen LogP contribution >= 0.6 is 0 Å².